The van der Waals surface area contributed by atoms with Gasteiger partial charge in [-0.2, -0.15) is 0 Å². The van der Waals surface area contributed by atoms with E-state index in [1.54, 1.807) is 24.6 Å². The van der Waals surface area contributed by atoms with Crippen LogP contribution in [0.3, 0.4) is 0 Å². The smallest absolute Gasteiger partial charge is 0.123 e. The number of ether oxygens (including phenoxy) is 1. The Labute approximate surface area is 80.8 Å². The van der Waals surface area contributed by atoms with Gasteiger partial charge < -0.3 is 4.74 Å². The topological polar surface area (TPSA) is 22.1 Å². The summed E-state index contributed by atoms with van der Waals surface area (Å²) in [5.41, 5.74) is 1.01. The summed E-state index contributed by atoms with van der Waals surface area (Å²) in [5.74, 6) is 0.820. The van der Waals surface area contributed by atoms with Crippen molar-refractivity contribution in [3.05, 3.63) is 35.8 Å². The fraction of sp³-hybridized carbons (Fsp3) is 0.100. The molecule has 65 valence electrons. The molecule has 1 heterocycles. The van der Waals surface area contributed by atoms with E-state index in [4.69, 9.17) is 4.74 Å². The lowest BCUT2D eigenvalue weighted by atomic mass is 10.2. The largest absolute Gasteiger partial charge is 0.497 e. The molecule has 1 aromatic carbocycles. The van der Waals surface area contributed by atoms with Gasteiger partial charge in [-0.15, -0.1) is 11.3 Å². The van der Waals surface area contributed by atoms with Gasteiger partial charge in [-0.1, -0.05) is 0 Å². The number of thiazole rings is 1. The Hall–Kier alpha value is -1.35. The van der Waals surface area contributed by atoms with Crippen molar-refractivity contribution in [2.24, 2.45) is 0 Å². The molecule has 0 atom stereocenters. The number of benzene rings is 1. The van der Waals surface area contributed by atoms with Crippen molar-refractivity contribution in [1.82, 2.24) is 4.98 Å². The molecule has 0 aliphatic heterocycles. The highest BCUT2D eigenvalue weighted by molar-refractivity contribution is 7.13. The molecule has 2 nitrogen and oxygen atoms in total. The molecule has 13 heavy (non-hydrogen) atoms. The molecular weight excluding hydrogens is 182 g/mol. The van der Waals surface area contributed by atoms with Crippen molar-refractivity contribution >= 4 is 11.3 Å². The van der Waals surface area contributed by atoms with E-state index in [-0.39, 0.29) is 0 Å². The Bertz CT molecular complexity index is 366. The van der Waals surface area contributed by atoms with E-state index in [1.807, 2.05) is 23.6 Å². The standard InChI is InChI=1S/C10H8NOS/c1-12-9-4-2-8(3-5-9)10-11-6-7-13-10/h2,4-7H,1H3. The van der Waals surface area contributed by atoms with Crippen LogP contribution in [0.15, 0.2) is 29.8 Å². The maximum absolute atomic E-state index is 5.04. The molecule has 0 spiro atoms. The van der Waals surface area contributed by atoms with Gasteiger partial charge in [-0.05, 0) is 24.3 Å². The van der Waals surface area contributed by atoms with Crippen LogP contribution < -0.4 is 4.74 Å². The van der Waals surface area contributed by atoms with Crippen LogP contribution in [0.1, 0.15) is 0 Å². The van der Waals surface area contributed by atoms with E-state index in [1.165, 1.54) is 0 Å². The molecule has 0 unspecified atom stereocenters. The first-order chi connectivity index (χ1) is 6.40. The predicted molar refractivity (Wildman–Crippen MR) is 52.9 cm³/mol. The predicted octanol–water partition coefficient (Wildman–Crippen LogP) is 2.62. The zero-order valence-corrected chi connectivity index (χ0v) is 7.97. The van der Waals surface area contributed by atoms with Crippen molar-refractivity contribution in [3.63, 3.8) is 0 Å². The molecular formula is C10H8NOS. The minimum absolute atomic E-state index is 0.820. The van der Waals surface area contributed by atoms with Gasteiger partial charge in [0.25, 0.3) is 0 Å². The second kappa shape index (κ2) is 3.58. The maximum Gasteiger partial charge on any atom is 0.123 e. The Balaban J connectivity index is 2.33. The van der Waals surface area contributed by atoms with E-state index >= 15 is 0 Å². The second-order valence-corrected chi connectivity index (χ2v) is 3.37. The fourth-order valence-corrected chi connectivity index (χ4v) is 1.65. The number of methoxy groups -OCH3 is 1. The van der Waals surface area contributed by atoms with Gasteiger partial charge in [0, 0.05) is 17.1 Å². The first kappa shape index (κ1) is 8.26. The third-order valence-corrected chi connectivity index (χ3v) is 2.49. The summed E-state index contributed by atoms with van der Waals surface area (Å²) in [6.45, 7) is 0. The van der Waals surface area contributed by atoms with E-state index in [0.717, 1.165) is 16.3 Å². The van der Waals surface area contributed by atoms with E-state index < -0.39 is 0 Å². The van der Waals surface area contributed by atoms with E-state index in [9.17, 15) is 0 Å². The highest BCUT2D eigenvalue weighted by Crippen LogP contribution is 2.22. The number of hydrogen-bond donors (Lipinski definition) is 0. The average Bonchev–Trinajstić information content (AvgIpc) is 2.71. The molecule has 0 saturated heterocycles. The molecule has 2 rings (SSSR count). The minimum atomic E-state index is 0.820. The minimum Gasteiger partial charge on any atom is -0.497 e. The molecule has 0 aliphatic rings. The van der Waals surface area contributed by atoms with Crippen LogP contribution in [-0.4, -0.2) is 12.1 Å². The Morgan fingerprint density at radius 3 is 2.92 bits per heavy atom. The zero-order chi connectivity index (χ0) is 9.10. The summed E-state index contributed by atoms with van der Waals surface area (Å²) in [4.78, 5) is 4.19. The van der Waals surface area contributed by atoms with Gasteiger partial charge in [0.05, 0.1) is 7.11 Å². The average molecular weight is 190 g/mol. The molecule has 0 amide bonds. The zero-order valence-electron chi connectivity index (χ0n) is 7.15. The van der Waals surface area contributed by atoms with Gasteiger partial charge in [0.15, 0.2) is 0 Å². The Morgan fingerprint density at radius 1 is 1.46 bits per heavy atom. The highest BCUT2D eigenvalue weighted by Gasteiger charge is 1.99. The molecule has 2 aromatic rings. The Kier molecular flexibility index (Phi) is 2.27. The van der Waals surface area contributed by atoms with E-state index in [2.05, 4.69) is 11.1 Å². The Morgan fingerprint density at radius 2 is 2.38 bits per heavy atom. The molecule has 0 fully saturated rings. The third-order valence-electron chi connectivity index (χ3n) is 1.68. The molecule has 0 bridgehead atoms. The lowest BCUT2D eigenvalue weighted by molar-refractivity contribution is 0.415. The lowest BCUT2D eigenvalue weighted by Crippen LogP contribution is -1.82. The van der Waals surface area contributed by atoms with Crippen molar-refractivity contribution in [2.75, 3.05) is 7.11 Å². The van der Waals surface area contributed by atoms with Crippen LogP contribution in [0.5, 0.6) is 5.75 Å². The van der Waals surface area contributed by atoms with Crippen molar-refractivity contribution in [2.45, 2.75) is 0 Å². The molecule has 1 radical (unpaired) electrons. The van der Waals surface area contributed by atoms with Crippen LogP contribution in [0, 0.1) is 6.07 Å². The molecule has 1 aromatic heterocycles. The van der Waals surface area contributed by atoms with Gasteiger partial charge in [-0.3, -0.25) is 0 Å². The quantitative estimate of drug-likeness (QED) is 0.726. The molecule has 0 aliphatic carbocycles. The maximum atomic E-state index is 5.04. The van der Waals surface area contributed by atoms with Crippen molar-refractivity contribution in [3.8, 4) is 16.3 Å². The summed E-state index contributed by atoms with van der Waals surface area (Å²) < 4.78 is 5.04. The first-order valence-electron chi connectivity index (χ1n) is 3.86. The summed E-state index contributed by atoms with van der Waals surface area (Å²) in [6.07, 6.45) is 1.79. The number of nitrogens with zero attached hydrogens (tertiary/aromatic N) is 1. The van der Waals surface area contributed by atoms with Crippen LogP contribution in [-0.2, 0) is 0 Å². The van der Waals surface area contributed by atoms with Crippen molar-refractivity contribution < 1.29 is 4.74 Å². The van der Waals surface area contributed by atoms with Crippen LogP contribution >= 0.6 is 11.3 Å². The van der Waals surface area contributed by atoms with Crippen LogP contribution in [0.2, 0.25) is 0 Å². The molecule has 0 saturated carbocycles. The number of hydrogen-bond acceptors (Lipinski definition) is 3. The molecule has 3 heteroatoms. The number of aromatic nitrogens is 1. The van der Waals surface area contributed by atoms with Gasteiger partial charge in [0.2, 0.25) is 0 Å². The summed E-state index contributed by atoms with van der Waals surface area (Å²) in [6, 6.07) is 8.80. The summed E-state index contributed by atoms with van der Waals surface area (Å²) >= 11 is 1.61. The van der Waals surface area contributed by atoms with Crippen LogP contribution in [0.4, 0.5) is 0 Å². The van der Waals surface area contributed by atoms with Crippen molar-refractivity contribution in [1.29, 1.82) is 0 Å². The summed E-state index contributed by atoms with van der Waals surface area (Å²) in [5, 5.41) is 2.94. The molecule has 0 N–H and O–H groups in total. The fourth-order valence-electron chi connectivity index (χ4n) is 1.03. The normalized spacial score (nSPS) is 9.92. The summed E-state index contributed by atoms with van der Waals surface area (Å²) in [7, 11) is 1.65. The van der Waals surface area contributed by atoms with Crippen LogP contribution in [0.25, 0.3) is 10.6 Å². The third kappa shape index (κ3) is 1.70. The first-order valence-corrected chi connectivity index (χ1v) is 4.74. The van der Waals surface area contributed by atoms with Gasteiger partial charge >= 0.3 is 0 Å². The monoisotopic (exact) mass is 190 g/mol. The highest BCUT2D eigenvalue weighted by atomic mass is 32.1. The van der Waals surface area contributed by atoms with Gasteiger partial charge in [-0.25, -0.2) is 4.98 Å². The van der Waals surface area contributed by atoms with E-state index in [0.29, 0.717) is 0 Å². The number of rotatable bonds is 2. The van der Waals surface area contributed by atoms with Gasteiger partial charge in [0.1, 0.15) is 10.8 Å². The second-order valence-electron chi connectivity index (χ2n) is 2.48. The lowest BCUT2D eigenvalue weighted by Gasteiger charge is -1.99. The SMILES string of the molecule is COc1c[c]c(-c2nccs2)cc1.